The second-order valence-corrected chi connectivity index (χ2v) is 9.77. The van der Waals surface area contributed by atoms with Crippen molar-refractivity contribution < 1.29 is 21.6 Å². The van der Waals surface area contributed by atoms with E-state index in [9.17, 15) is 21.6 Å². The summed E-state index contributed by atoms with van der Waals surface area (Å²) in [5.41, 5.74) is 0.201. The second-order valence-electron chi connectivity index (χ2n) is 8.01. The van der Waals surface area contributed by atoms with Gasteiger partial charge >= 0.3 is 6.18 Å². The zero-order valence-corrected chi connectivity index (χ0v) is 18.0. The molecule has 0 saturated heterocycles. The lowest BCUT2D eigenvalue weighted by molar-refractivity contribution is -0.137. The van der Waals surface area contributed by atoms with E-state index in [1.807, 2.05) is 0 Å². The van der Waals surface area contributed by atoms with Crippen molar-refractivity contribution in [2.24, 2.45) is 5.92 Å². The van der Waals surface area contributed by atoms with Crippen molar-refractivity contribution in [3.05, 3.63) is 66.4 Å². The number of sulfonamides is 1. The van der Waals surface area contributed by atoms with Crippen LogP contribution < -0.4 is 4.72 Å². The molecule has 170 valence electrons. The zero-order valence-electron chi connectivity index (χ0n) is 17.1. The van der Waals surface area contributed by atoms with Crippen LogP contribution in [0.4, 0.5) is 13.2 Å². The Morgan fingerprint density at radius 1 is 1.09 bits per heavy atom. The quantitative estimate of drug-likeness (QED) is 0.552. The normalized spacial score (nSPS) is 19.7. The van der Waals surface area contributed by atoms with E-state index >= 15 is 0 Å². The molecule has 2 N–H and O–H groups in total. The minimum absolute atomic E-state index is 0.145. The van der Waals surface area contributed by atoms with Gasteiger partial charge in [-0.1, -0.05) is 12.1 Å². The molecular formula is C22H23F3N4O2S. The Hall–Kier alpha value is -2.72. The zero-order chi connectivity index (χ0) is 22.8. The maximum absolute atomic E-state index is 13.0. The lowest BCUT2D eigenvalue weighted by atomic mass is 9.82. The molecule has 1 aliphatic carbocycles. The van der Waals surface area contributed by atoms with E-state index in [1.54, 1.807) is 18.3 Å². The van der Waals surface area contributed by atoms with Gasteiger partial charge in [-0.15, -0.1) is 0 Å². The van der Waals surface area contributed by atoms with E-state index in [-0.39, 0.29) is 16.7 Å². The van der Waals surface area contributed by atoms with Gasteiger partial charge < -0.3 is 4.98 Å². The summed E-state index contributed by atoms with van der Waals surface area (Å²) in [6.07, 6.45) is 3.40. The lowest BCUT2D eigenvalue weighted by Crippen LogP contribution is -2.31. The van der Waals surface area contributed by atoms with Crippen LogP contribution in [0.25, 0.3) is 11.3 Å². The maximum Gasteiger partial charge on any atom is 0.416 e. The molecule has 1 saturated carbocycles. The molecule has 0 unspecified atom stereocenters. The van der Waals surface area contributed by atoms with Gasteiger partial charge in [-0.3, -0.25) is 4.98 Å². The number of aromatic amines is 1. The number of hydrogen-bond donors (Lipinski definition) is 2. The molecular weight excluding hydrogens is 441 g/mol. The summed E-state index contributed by atoms with van der Waals surface area (Å²) in [7, 11) is -3.58. The van der Waals surface area contributed by atoms with Crippen LogP contribution in [0.3, 0.4) is 0 Å². The second kappa shape index (κ2) is 9.03. The van der Waals surface area contributed by atoms with Crippen molar-refractivity contribution in [2.75, 3.05) is 6.54 Å². The molecule has 1 aromatic carbocycles. The molecule has 2 heterocycles. The van der Waals surface area contributed by atoms with Gasteiger partial charge in [0, 0.05) is 36.6 Å². The summed E-state index contributed by atoms with van der Waals surface area (Å²) >= 11 is 0. The van der Waals surface area contributed by atoms with Crippen LogP contribution in [0.1, 0.15) is 43.0 Å². The van der Waals surface area contributed by atoms with Crippen LogP contribution in [0.5, 0.6) is 0 Å². The minimum Gasteiger partial charge on any atom is -0.348 e. The predicted molar refractivity (Wildman–Crippen MR) is 113 cm³/mol. The summed E-state index contributed by atoms with van der Waals surface area (Å²) in [5, 5.41) is 0. The molecule has 1 aliphatic rings. The molecule has 3 aromatic rings. The number of imidazole rings is 1. The number of H-pyrrole nitrogens is 1. The van der Waals surface area contributed by atoms with Crippen molar-refractivity contribution in [3.8, 4) is 11.3 Å². The summed E-state index contributed by atoms with van der Waals surface area (Å²) < 4.78 is 66.3. The van der Waals surface area contributed by atoms with Crippen molar-refractivity contribution in [1.29, 1.82) is 0 Å². The third kappa shape index (κ3) is 5.18. The monoisotopic (exact) mass is 464 g/mol. The summed E-state index contributed by atoms with van der Waals surface area (Å²) in [6.45, 7) is 0.359. The average molecular weight is 465 g/mol. The van der Waals surface area contributed by atoms with Crippen LogP contribution in [0.15, 0.2) is 59.9 Å². The fourth-order valence-electron chi connectivity index (χ4n) is 4.01. The van der Waals surface area contributed by atoms with Crippen molar-refractivity contribution >= 4 is 10.0 Å². The molecule has 0 radical (unpaired) electrons. The number of nitrogens with one attached hydrogen (secondary N) is 2. The fourth-order valence-corrected chi connectivity index (χ4v) is 5.08. The van der Waals surface area contributed by atoms with E-state index in [4.69, 9.17) is 0 Å². The number of benzene rings is 1. The molecule has 0 aliphatic heterocycles. The van der Waals surface area contributed by atoms with E-state index in [0.717, 1.165) is 43.6 Å². The molecule has 6 nitrogen and oxygen atoms in total. The van der Waals surface area contributed by atoms with Crippen molar-refractivity contribution in [1.82, 2.24) is 19.7 Å². The van der Waals surface area contributed by atoms with Crippen LogP contribution in [0.2, 0.25) is 0 Å². The number of rotatable bonds is 6. The molecule has 0 amide bonds. The Balaban J connectivity index is 1.34. The first-order chi connectivity index (χ1) is 15.2. The number of hydrogen-bond acceptors (Lipinski definition) is 4. The fraction of sp³-hybridized carbons (Fsp3) is 0.364. The predicted octanol–water partition coefficient (Wildman–Crippen LogP) is 4.74. The third-order valence-corrected chi connectivity index (χ3v) is 7.23. The van der Waals surface area contributed by atoms with Gasteiger partial charge in [-0.25, -0.2) is 18.1 Å². The largest absolute Gasteiger partial charge is 0.416 e. The Morgan fingerprint density at radius 2 is 1.88 bits per heavy atom. The highest BCUT2D eigenvalue weighted by molar-refractivity contribution is 7.89. The first kappa shape index (κ1) is 22.5. The van der Waals surface area contributed by atoms with Crippen molar-refractivity contribution in [2.45, 2.75) is 42.7 Å². The first-order valence-electron chi connectivity index (χ1n) is 10.3. The van der Waals surface area contributed by atoms with E-state index < -0.39 is 21.8 Å². The van der Waals surface area contributed by atoms with E-state index in [0.29, 0.717) is 17.8 Å². The summed E-state index contributed by atoms with van der Waals surface area (Å²) in [6, 6.07) is 8.22. The Labute approximate surface area is 184 Å². The van der Waals surface area contributed by atoms with Gasteiger partial charge in [0.15, 0.2) is 0 Å². The molecule has 4 rings (SSSR count). The Morgan fingerprint density at radius 3 is 2.56 bits per heavy atom. The molecule has 1 fully saturated rings. The van der Waals surface area contributed by atoms with Gasteiger partial charge in [-0.05, 0) is 55.9 Å². The smallest absolute Gasteiger partial charge is 0.348 e. The average Bonchev–Trinajstić information content (AvgIpc) is 3.29. The SMILES string of the molecule is O=S(=O)(NC[C@H]1CC[C@H](c2nc(-c3cccc(C(F)(F)F)c3)c[nH]2)CC1)c1cccnc1. The highest BCUT2D eigenvalue weighted by atomic mass is 32.2. The molecule has 0 spiro atoms. The highest BCUT2D eigenvalue weighted by Gasteiger charge is 2.31. The number of aromatic nitrogens is 3. The van der Waals surface area contributed by atoms with Crippen LogP contribution >= 0.6 is 0 Å². The maximum atomic E-state index is 13.0. The number of alkyl halides is 3. The van der Waals surface area contributed by atoms with Crippen molar-refractivity contribution in [3.63, 3.8) is 0 Å². The number of halogens is 3. The first-order valence-corrected chi connectivity index (χ1v) is 11.8. The summed E-state index contributed by atoms with van der Waals surface area (Å²) in [4.78, 5) is 11.6. The van der Waals surface area contributed by atoms with E-state index in [1.165, 1.54) is 24.5 Å². The Kier molecular flexibility index (Phi) is 6.34. The van der Waals surface area contributed by atoms with E-state index in [2.05, 4.69) is 19.7 Å². The Bertz CT molecular complexity index is 1160. The summed E-state index contributed by atoms with van der Waals surface area (Å²) in [5.74, 6) is 1.14. The standard InChI is InChI=1S/C22H23F3N4O2S/c23-22(24,25)18-4-1-3-17(11-18)20-14-27-21(29-20)16-8-6-15(7-9-16)12-28-32(30,31)19-5-2-10-26-13-19/h1-5,10-11,13-16,28H,6-9,12H2,(H,27,29)/t15-,16-. The topological polar surface area (TPSA) is 87.7 Å². The van der Waals surface area contributed by atoms with Crippen LogP contribution in [-0.4, -0.2) is 29.9 Å². The number of nitrogens with zero attached hydrogens (tertiary/aromatic N) is 2. The molecule has 0 atom stereocenters. The molecule has 0 bridgehead atoms. The van der Waals surface area contributed by atoms with Gasteiger partial charge in [0.1, 0.15) is 10.7 Å². The molecule has 2 aromatic heterocycles. The van der Waals surface area contributed by atoms with Gasteiger partial charge in [0.2, 0.25) is 10.0 Å². The van der Waals surface area contributed by atoms with Gasteiger partial charge in [0.05, 0.1) is 11.3 Å². The number of pyridine rings is 1. The molecule has 10 heteroatoms. The lowest BCUT2D eigenvalue weighted by Gasteiger charge is -2.27. The third-order valence-electron chi connectivity index (χ3n) is 5.82. The van der Waals surface area contributed by atoms with Crippen LogP contribution in [0, 0.1) is 5.92 Å². The van der Waals surface area contributed by atoms with Crippen LogP contribution in [-0.2, 0) is 16.2 Å². The highest BCUT2D eigenvalue weighted by Crippen LogP contribution is 2.36. The minimum atomic E-state index is -4.40. The molecule has 32 heavy (non-hydrogen) atoms. The van der Waals surface area contributed by atoms with Gasteiger partial charge in [-0.2, -0.15) is 13.2 Å². The van der Waals surface area contributed by atoms with Gasteiger partial charge in [0.25, 0.3) is 0 Å².